The van der Waals surface area contributed by atoms with E-state index in [1.807, 2.05) is 6.92 Å². The molecule has 0 spiro atoms. The zero-order valence-electron chi connectivity index (χ0n) is 8.05. The molecule has 1 aliphatic carbocycles. The van der Waals surface area contributed by atoms with Gasteiger partial charge in [-0.05, 0) is 19.3 Å². The number of nitrogens with two attached hydrogens (primary N) is 1. The van der Waals surface area contributed by atoms with E-state index in [4.69, 9.17) is 10.3 Å². The van der Waals surface area contributed by atoms with E-state index in [1.165, 1.54) is 25.7 Å². The van der Waals surface area contributed by atoms with Crippen molar-refractivity contribution >= 4 is 5.88 Å². The maximum Gasteiger partial charge on any atom is 0.225 e. The molecule has 3 heteroatoms. The van der Waals surface area contributed by atoms with Crippen molar-refractivity contribution in [3.05, 3.63) is 11.3 Å². The molecule has 0 radical (unpaired) electrons. The third-order valence-electron chi connectivity index (χ3n) is 3.01. The van der Waals surface area contributed by atoms with E-state index in [1.54, 1.807) is 0 Å². The van der Waals surface area contributed by atoms with E-state index in [2.05, 4.69) is 5.16 Å². The zero-order chi connectivity index (χ0) is 9.26. The van der Waals surface area contributed by atoms with E-state index < -0.39 is 0 Å². The summed E-state index contributed by atoms with van der Waals surface area (Å²) in [6.07, 6.45) is 6.47. The van der Waals surface area contributed by atoms with E-state index in [0.717, 1.165) is 23.6 Å². The first-order chi connectivity index (χ1) is 6.27. The van der Waals surface area contributed by atoms with Crippen LogP contribution in [0.1, 0.15) is 36.9 Å². The molecule has 0 unspecified atom stereocenters. The molecule has 1 aliphatic rings. The van der Waals surface area contributed by atoms with E-state index >= 15 is 0 Å². The lowest BCUT2D eigenvalue weighted by Crippen LogP contribution is -2.00. The summed E-state index contributed by atoms with van der Waals surface area (Å²) in [4.78, 5) is 0. The van der Waals surface area contributed by atoms with Gasteiger partial charge in [-0.1, -0.05) is 30.8 Å². The van der Waals surface area contributed by atoms with Crippen molar-refractivity contribution in [1.82, 2.24) is 5.16 Å². The molecule has 1 heterocycles. The molecular formula is C10H16N2O. The van der Waals surface area contributed by atoms with Gasteiger partial charge in [-0.25, -0.2) is 0 Å². The first-order valence-electron chi connectivity index (χ1n) is 4.98. The van der Waals surface area contributed by atoms with Crippen LogP contribution in [0.3, 0.4) is 0 Å². The number of hydrogen-bond acceptors (Lipinski definition) is 3. The van der Waals surface area contributed by atoms with Gasteiger partial charge in [-0.2, -0.15) is 0 Å². The highest BCUT2D eigenvalue weighted by atomic mass is 16.5. The maximum atomic E-state index is 5.59. The van der Waals surface area contributed by atoms with Crippen LogP contribution in [0.15, 0.2) is 4.52 Å². The predicted molar refractivity (Wildman–Crippen MR) is 51.3 cm³/mol. The van der Waals surface area contributed by atoms with Gasteiger partial charge in [0, 0.05) is 5.56 Å². The third kappa shape index (κ3) is 1.69. The van der Waals surface area contributed by atoms with E-state index in [9.17, 15) is 0 Å². The Bertz CT molecular complexity index is 287. The largest absolute Gasteiger partial charge is 0.367 e. The number of anilines is 1. The summed E-state index contributed by atoms with van der Waals surface area (Å²) in [5.74, 6) is 1.29. The quantitative estimate of drug-likeness (QED) is 0.759. The molecule has 0 amide bonds. The van der Waals surface area contributed by atoms with Crippen LogP contribution in [0.25, 0.3) is 0 Å². The van der Waals surface area contributed by atoms with Gasteiger partial charge in [0.25, 0.3) is 0 Å². The number of aromatic nitrogens is 1. The van der Waals surface area contributed by atoms with E-state index in [-0.39, 0.29) is 0 Å². The highest BCUT2D eigenvalue weighted by Gasteiger charge is 2.19. The fourth-order valence-electron chi connectivity index (χ4n) is 2.06. The van der Waals surface area contributed by atoms with Crippen LogP contribution >= 0.6 is 0 Å². The fourth-order valence-corrected chi connectivity index (χ4v) is 2.06. The molecule has 1 fully saturated rings. The van der Waals surface area contributed by atoms with Crippen molar-refractivity contribution in [1.29, 1.82) is 0 Å². The first-order valence-corrected chi connectivity index (χ1v) is 4.98. The molecule has 13 heavy (non-hydrogen) atoms. The molecule has 0 saturated heterocycles. The Morgan fingerprint density at radius 1 is 1.46 bits per heavy atom. The van der Waals surface area contributed by atoms with Crippen molar-refractivity contribution in [3.63, 3.8) is 0 Å². The molecule has 1 aromatic heterocycles. The smallest absolute Gasteiger partial charge is 0.225 e. The maximum absolute atomic E-state index is 5.59. The predicted octanol–water partition coefficient (Wildman–Crippen LogP) is 2.30. The molecule has 1 saturated carbocycles. The summed E-state index contributed by atoms with van der Waals surface area (Å²) >= 11 is 0. The van der Waals surface area contributed by atoms with Crippen molar-refractivity contribution in [3.8, 4) is 0 Å². The molecule has 1 aromatic rings. The minimum absolute atomic E-state index is 0.480. The zero-order valence-corrected chi connectivity index (χ0v) is 8.05. The second-order valence-corrected chi connectivity index (χ2v) is 3.97. The van der Waals surface area contributed by atoms with Gasteiger partial charge in [0.05, 0.1) is 5.69 Å². The summed E-state index contributed by atoms with van der Waals surface area (Å²) in [5, 5.41) is 3.98. The van der Waals surface area contributed by atoms with Gasteiger partial charge in [0.2, 0.25) is 5.88 Å². The molecule has 3 nitrogen and oxygen atoms in total. The number of rotatable bonds is 2. The lowest BCUT2D eigenvalue weighted by Gasteiger charge is -2.05. The van der Waals surface area contributed by atoms with Crippen LogP contribution in [0, 0.1) is 12.8 Å². The highest BCUT2D eigenvalue weighted by Crippen LogP contribution is 2.29. The molecule has 0 atom stereocenters. The topological polar surface area (TPSA) is 52.0 Å². The second-order valence-electron chi connectivity index (χ2n) is 3.97. The first kappa shape index (κ1) is 8.60. The Labute approximate surface area is 78.3 Å². The Morgan fingerprint density at radius 2 is 2.15 bits per heavy atom. The molecule has 2 rings (SSSR count). The number of nitrogen functional groups attached to an aromatic ring is 1. The Hall–Kier alpha value is -0.990. The Morgan fingerprint density at radius 3 is 2.69 bits per heavy atom. The molecule has 0 bridgehead atoms. The molecular weight excluding hydrogens is 164 g/mol. The summed E-state index contributed by atoms with van der Waals surface area (Å²) in [7, 11) is 0. The number of hydrogen-bond donors (Lipinski definition) is 1. The minimum atomic E-state index is 0.480. The Kier molecular flexibility index (Phi) is 2.25. The van der Waals surface area contributed by atoms with Gasteiger partial charge in [0.1, 0.15) is 0 Å². The van der Waals surface area contributed by atoms with Crippen LogP contribution in [-0.2, 0) is 6.42 Å². The highest BCUT2D eigenvalue weighted by molar-refractivity contribution is 5.37. The van der Waals surface area contributed by atoms with Gasteiger partial charge < -0.3 is 10.3 Å². The van der Waals surface area contributed by atoms with Gasteiger partial charge in [-0.15, -0.1) is 0 Å². The molecule has 72 valence electrons. The van der Waals surface area contributed by atoms with Crippen LogP contribution < -0.4 is 5.73 Å². The van der Waals surface area contributed by atoms with Crippen LogP contribution in [0.2, 0.25) is 0 Å². The summed E-state index contributed by atoms with van der Waals surface area (Å²) in [6.45, 7) is 1.98. The average molecular weight is 180 g/mol. The van der Waals surface area contributed by atoms with Crippen LogP contribution in [0.5, 0.6) is 0 Å². The molecule has 2 N–H and O–H groups in total. The van der Waals surface area contributed by atoms with Crippen LogP contribution in [0.4, 0.5) is 5.88 Å². The summed E-state index contributed by atoms with van der Waals surface area (Å²) in [5.41, 5.74) is 7.68. The van der Waals surface area contributed by atoms with Crippen molar-refractivity contribution in [2.45, 2.75) is 39.0 Å². The second kappa shape index (κ2) is 3.40. The molecule has 0 aliphatic heterocycles. The minimum Gasteiger partial charge on any atom is -0.367 e. The summed E-state index contributed by atoms with van der Waals surface area (Å²) in [6, 6.07) is 0. The average Bonchev–Trinajstić information content (AvgIpc) is 2.71. The lowest BCUT2D eigenvalue weighted by atomic mass is 10.00. The fraction of sp³-hybridized carbons (Fsp3) is 0.700. The van der Waals surface area contributed by atoms with Gasteiger partial charge in [-0.3, -0.25) is 0 Å². The van der Waals surface area contributed by atoms with Gasteiger partial charge >= 0.3 is 0 Å². The number of nitrogens with zero attached hydrogens (tertiary/aromatic N) is 1. The van der Waals surface area contributed by atoms with Crippen molar-refractivity contribution < 1.29 is 4.52 Å². The third-order valence-corrected chi connectivity index (χ3v) is 3.01. The normalized spacial score (nSPS) is 18.2. The van der Waals surface area contributed by atoms with Crippen LogP contribution in [-0.4, -0.2) is 5.16 Å². The molecule has 0 aromatic carbocycles. The van der Waals surface area contributed by atoms with Gasteiger partial charge in [0.15, 0.2) is 0 Å². The monoisotopic (exact) mass is 180 g/mol. The SMILES string of the molecule is Cc1c(CC2CCCC2)noc1N. The standard InChI is InChI=1S/C10H16N2O/c1-7-9(12-13-10(7)11)6-8-4-2-3-5-8/h8H,2-6,11H2,1H3. The summed E-state index contributed by atoms with van der Waals surface area (Å²) < 4.78 is 4.93. The van der Waals surface area contributed by atoms with Crippen molar-refractivity contribution in [2.75, 3.05) is 5.73 Å². The van der Waals surface area contributed by atoms with E-state index in [0.29, 0.717) is 5.88 Å². The van der Waals surface area contributed by atoms with Crippen molar-refractivity contribution in [2.24, 2.45) is 5.92 Å². The lowest BCUT2D eigenvalue weighted by molar-refractivity contribution is 0.417. The Balaban J connectivity index is 2.04.